The zero-order valence-corrected chi connectivity index (χ0v) is 27.4. The van der Waals surface area contributed by atoms with Crippen molar-refractivity contribution in [2.45, 2.75) is 57.3 Å². The van der Waals surface area contributed by atoms with Gasteiger partial charge in [0.05, 0.1) is 15.7 Å². The molecule has 4 aliphatic rings. The summed E-state index contributed by atoms with van der Waals surface area (Å²) >= 11 is 12.7. The molecule has 3 aromatic rings. The summed E-state index contributed by atoms with van der Waals surface area (Å²) < 4.78 is 0. The van der Waals surface area contributed by atoms with Crippen LogP contribution < -0.4 is 10.2 Å². The van der Waals surface area contributed by atoms with Crippen molar-refractivity contribution in [2.75, 3.05) is 44.2 Å². The van der Waals surface area contributed by atoms with Gasteiger partial charge in [0.1, 0.15) is 6.04 Å². The van der Waals surface area contributed by atoms with Crippen LogP contribution in [0, 0.1) is 0 Å². The van der Waals surface area contributed by atoms with Crippen LogP contribution in [0.1, 0.15) is 64.2 Å². The van der Waals surface area contributed by atoms with Gasteiger partial charge in [0.2, 0.25) is 11.8 Å². The van der Waals surface area contributed by atoms with Crippen molar-refractivity contribution in [3.8, 4) is 0 Å². The zero-order chi connectivity index (χ0) is 31.8. The van der Waals surface area contributed by atoms with E-state index in [1.165, 1.54) is 16.7 Å². The molecule has 240 valence electrons. The van der Waals surface area contributed by atoms with Crippen LogP contribution in [0.5, 0.6) is 0 Å². The van der Waals surface area contributed by atoms with Crippen LogP contribution >= 0.6 is 23.2 Å². The Morgan fingerprint density at radius 3 is 2.11 bits per heavy atom. The average molecular weight is 661 g/mol. The molecular weight excluding hydrogens is 621 g/mol. The van der Waals surface area contributed by atoms with Gasteiger partial charge in [-0.25, -0.2) is 0 Å². The maximum Gasteiger partial charge on any atom is 0.255 e. The number of rotatable bonds is 7. The number of hydrogen-bond acceptors (Lipinski definition) is 6. The number of anilines is 1. The molecule has 8 nitrogen and oxygen atoms in total. The van der Waals surface area contributed by atoms with E-state index >= 15 is 0 Å². The predicted molar refractivity (Wildman–Crippen MR) is 180 cm³/mol. The molecule has 4 aliphatic heterocycles. The molecule has 3 saturated heterocycles. The summed E-state index contributed by atoms with van der Waals surface area (Å²) in [5, 5.41) is 3.62. The number of amides is 3. The number of halogens is 2. The molecule has 1 atom stereocenters. The fourth-order valence-corrected chi connectivity index (χ4v) is 7.84. The van der Waals surface area contributed by atoms with E-state index < -0.39 is 6.04 Å². The second-order valence-electron chi connectivity index (χ2n) is 13.0. The van der Waals surface area contributed by atoms with Crippen LogP contribution in [0.25, 0.3) is 0 Å². The van der Waals surface area contributed by atoms with Gasteiger partial charge in [-0.3, -0.25) is 29.5 Å². The first-order chi connectivity index (χ1) is 22.3. The molecule has 0 radical (unpaired) electrons. The molecule has 46 heavy (non-hydrogen) atoms. The Bertz CT molecular complexity index is 1630. The van der Waals surface area contributed by atoms with Crippen LogP contribution in [0.2, 0.25) is 10.0 Å². The van der Waals surface area contributed by atoms with Crippen molar-refractivity contribution >= 4 is 46.6 Å². The second-order valence-corrected chi connectivity index (χ2v) is 13.8. The highest BCUT2D eigenvalue weighted by Gasteiger charge is 2.39. The summed E-state index contributed by atoms with van der Waals surface area (Å²) in [6.45, 7) is 8.22. The zero-order valence-electron chi connectivity index (χ0n) is 25.9. The van der Waals surface area contributed by atoms with E-state index in [2.05, 4.69) is 56.4 Å². The highest BCUT2D eigenvalue weighted by molar-refractivity contribution is 6.43. The maximum absolute atomic E-state index is 13.1. The van der Waals surface area contributed by atoms with Gasteiger partial charge in [-0.15, -0.1) is 0 Å². The van der Waals surface area contributed by atoms with E-state index in [1.54, 1.807) is 4.90 Å². The van der Waals surface area contributed by atoms with Gasteiger partial charge < -0.3 is 9.80 Å². The molecule has 0 aliphatic carbocycles. The third-order valence-corrected chi connectivity index (χ3v) is 10.9. The number of benzene rings is 3. The number of piperazine rings is 1. The van der Waals surface area contributed by atoms with Crippen LogP contribution in [0.3, 0.4) is 0 Å². The number of piperidine rings is 2. The number of imide groups is 1. The third-order valence-electron chi connectivity index (χ3n) is 10.1. The number of hydrogen-bond donors (Lipinski definition) is 1. The van der Waals surface area contributed by atoms with Crippen LogP contribution in [-0.4, -0.2) is 77.7 Å². The SMILES string of the molecule is O=C1CCC(N2Cc3cc(C4CCN(Cc5ccc(CN6CCN(c7cccc(Cl)c7Cl)CC6)cc5)CC4)ccc3C2=O)C(=O)N1. The molecule has 0 aromatic heterocycles. The average Bonchev–Trinajstić information content (AvgIpc) is 3.39. The van der Waals surface area contributed by atoms with Crippen molar-refractivity contribution in [1.82, 2.24) is 20.0 Å². The second kappa shape index (κ2) is 13.4. The Morgan fingerprint density at radius 2 is 1.43 bits per heavy atom. The summed E-state index contributed by atoms with van der Waals surface area (Å²) in [5.41, 5.74) is 6.64. The third kappa shape index (κ3) is 6.54. The lowest BCUT2D eigenvalue weighted by Gasteiger charge is -2.36. The molecule has 1 N–H and O–H groups in total. The smallest absolute Gasteiger partial charge is 0.255 e. The lowest BCUT2D eigenvalue weighted by atomic mass is 9.87. The highest BCUT2D eigenvalue weighted by Crippen LogP contribution is 2.35. The number of nitrogens with one attached hydrogen (secondary N) is 1. The minimum absolute atomic E-state index is 0.112. The Morgan fingerprint density at radius 1 is 0.761 bits per heavy atom. The van der Waals surface area contributed by atoms with E-state index in [0.29, 0.717) is 34.5 Å². The molecule has 3 fully saturated rings. The fraction of sp³-hybridized carbons (Fsp3) is 0.417. The highest BCUT2D eigenvalue weighted by atomic mass is 35.5. The molecule has 0 bridgehead atoms. The van der Waals surface area contributed by atoms with E-state index in [4.69, 9.17) is 23.2 Å². The number of nitrogens with zero attached hydrogens (tertiary/aromatic N) is 4. The fourth-order valence-electron chi connectivity index (χ4n) is 7.42. The lowest BCUT2D eigenvalue weighted by Crippen LogP contribution is -2.52. The minimum atomic E-state index is -0.574. The first-order valence-corrected chi connectivity index (χ1v) is 17.1. The minimum Gasteiger partial charge on any atom is -0.368 e. The predicted octanol–water partition coefficient (Wildman–Crippen LogP) is 5.46. The van der Waals surface area contributed by atoms with Gasteiger partial charge in [-0.05, 0) is 78.7 Å². The Hall–Kier alpha value is -3.43. The van der Waals surface area contributed by atoms with Gasteiger partial charge in [0.15, 0.2) is 0 Å². The first-order valence-electron chi connectivity index (χ1n) is 16.3. The van der Waals surface area contributed by atoms with E-state index in [-0.39, 0.29) is 24.1 Å². The molecule has 7 rings (SSSR count). The topological polar surface area (TPSA) is 76.2 Å². The van der Waals surface area contributed by atoms with Gasteiger partial charge >= 0.3 is 0 Å². The number of fused-ring (bicyclic) bond motifs is 1. The normalized spacial score (nSPS) is 21.5. The molecule has 3 amide bonds. The van der Waals surface area contributed by atoms with Crippen molar-refractivity contribution in [3.05, 3.63) is 98.5 Å². The number of likely N-dealkylation sites (tertiary alicyclic amines) is 1. The number of carbonyl (C=O) groups excluding carboxylic acids is 3. The Kier molecular flexibility index (Phi) is 9.06. The molecule has 4 heterocycles. The summed E-state index contributed by atoms with van der Waals surface area (Å²) in [6, 6.07) is 20.5. The van der Waals surface area contributed by atoms with Crippen molar-refractivity contribution in [2.24, 2.45) is 0 Å². The standard InChI is InChI=1S/C36H39Cl2N5O3/c37-30-2-1-3-31(34(30)38)42-18-16-41(17-19-42)22-25-6-4-24(5-7-25)21-40-14-12-26(13-15-40)27-8-9-29-28(20-27)23-43(36(29)46)32-10-11-33(44)39-35(32)45/h1-9,20,26,32H,10-19,21-23H2,(H,39,44,45). The van der Waals surface area contributed by atoms with Gasteiger partial charge in [0, 0.05) is 57.8 Å². The van der Waals surface area contributed by atoms with Gasteiger partial charge in [-0.2, -0.15) is 0 Å². The molecular formula is C36H39Cl2N5O3. The van der Waals surface area contributed by atoms with E-state index in [9.17, 15) is 14.4 Å². The van der Waals surface area contributed by atoms with E-state index in [1.807, 2.05) is 24.3 Å². The van der Waals surface area contributed by atoms with Crippen LogP contribution in [0.15, 0.2) is 60.7 Å². The molecule has 1 unspecified atom stereocenters. The van der Waals surface area contributed by atoms with Gasteiger partial charge in [-0.1, -0.05) is 65.7 Å². The van der Waals surface area contributed by atoms with Crippen LogP contribution in [-0.2, 0) is 29.2 Å². The summed E-state index contributed by atoms with van der Waals surface area (Å²) in [7, 11) is 0. The molecule has 0 saturated carbocycles. The van der Waals surface area contributed by atoms with Crippen molar-refractivity contribution in [1.29, 1.82) is 0 Å². The lowest BCUT2D eigenvalue weighted by molar-refractivity contribution is -0.136. The monoisotopic (exact) mass is 659 g/mol. The maximum atomic E-state index is 13.1. The van der Waals surface area contributed by atoms with Gasteiger partial charge in [0.25, 0.3) is 5.91 Å². The first kappa shape index (κ1) is 31.2. The molecule has 0 spiro atoms. The summed E-state index contributed by atoms with van der Waals surface area (Å²) in [4.78, 5) is 46.0. The van der Waals surface area contributed by atoms with E-state index in [0.717, 1.165) is 76.5 Å². The van der Waals surface area contributed by atoms with Crippen LogP contribution in [0.4, 0.5) is 5.69 Å². The Balaban J connectivity index is 0.877. The molecule has 10 heteroatoms. The van der Waals surface area contributed by atoms with Crippen molar-refractivity contribution < 1.29 is 14.4 Å². The molecule has 3 aromatic carbocycles. The Labute approximate surface area is 280 Å². The largest absolute Gasteiger partial charge is 0.368 e. The summed E-state index contributed by atoms with van der Waals surface area (Å²) in [5.74, 6) is -0.286. The number of carbonyl (C=O) groups is 3. The quantitative estimate of drug-likeness (QED) is 0.340. The van der Waals surface area contributed by atoms with Crippen molar-refractivity contribution in [3.63, 3.8) is 0 Å². The summed E-state index contributed by atoms with van der Waals surface area (Å²) in [6.07, 6.45) is 2.81.